The van der Waals surface area contributed by atoms with Crippen LogP contribution >= 0.6 is 27.7 Å². The molecule has 0 radical (unpaired) electrons. The number of benzene rings is 1. The highest BCUT2D eigenvalue weighted by atomic mass is 79.9. The van der Waals surface area contributed by atoms with E-state index in [2.05, 4.69) is 47.5 Å². The Morgan fingerprint density at radius 2 is 2.20 bits per heavy atom. The van der Waals surface area contributed by atoms with Gasteiger partial charge < -0.3 is 0 Å². The molecular weight excluding hydrogens is 330 g/mol. The van der Waals surface area contributed by atoms with Crippen LogP contribution in [0, 0.1) is 0 Å². The molecule has 2 rings (SSSR count). The van der Waals surface area contributed by atoms with Crippen molar-refractivity contribution in [2.75, 3.05) is 6.26 Å². The predicted octanol–water partition coefficient (Wildman–Crippen LogP) is 5.56. The van der Waals surface area contributed by atoms with Gasteiger partial charge in [-0.05, 0) is 42.5 Å². The first-order valence-electron chi connectivity index (χ1n) is 6.24. The zero-order valence-corrected chi connectivity index (χ0v) is 13.8. The molecule has 1 heterocycles. The highest BCUT2D eigenvalue weighted by Crippen LogP contribution is 2.27. The summed E-state index contributed by atoms with van der Waals surface area (Å²) in [6.07, 6.45) is 8.51. The Kier molecular flexibility index (Phi) is 5.21. The number of aromatic nitrogens is 1. The maximum atomic E-state index is 4.72. The van der Waals surface area contributed by atoms with Crippen molar-refractivity contribution >= 4 is 38.6 Å². The van der Waals surface area contributed by atoms with Crippen molar-refractivity contribution in [3.63, 3.8) is 0 Å². The van der Waals surface area contributed by atoms with E-state index < -0.39 is 0 Å². The molecule has 20 heavy (non-hydrogen) atoms. The van der Waals surface area contributed by atoms with Crippen LogP contribution in [-0.2, 0) is 6.42 Å². The molecule has 0 atom stereocenters. The summed E-state index contributed by atoms with van der Waals surface area (Å²) >= 11 is 5.18. The fourth-order valence-corrected chi connectivity index (χ4v) is 2.95. The normalized spacial score (nSPS) is 11.1. The van der Waals surface area contributed by atoms with Gasteiger partial charge in [0.25, 0.3) is 0 Å². The van der Waals surface area contributed by atoms with Crippen LogP contribution < -0.4 is 0 Å². The maximum absolute atomic E-state index is 4.72. The lowest BCUT2D eigenvalue weighted by molar-refractivity contribution is 1.05. The molecule has 0 aliphatic heterocycles. The molecule has 0 spiro atoms. The Morgan fingerprint density at radius 3 is 2.90 bits per heavy atom. The zero-order chi connectivity index (χ0) is 14.5. The van der Waals surface area contributed by atoms with Crippen LogP contribution in [0.2, 0.25) is 0 Å². The minimum absolute atomic E-state index is 0.802. The number of nitrogens with zero attached hydrogens (tertiary/aromatic N) is 1. The number of halogens is 1. The summed E-state index contributed by atoms with van der Waals surface area (Å²) in [6.45, 7) is 7.75. The largest absolute Gasteiger partial charge is 0.241 e. The molecule has 1 aromatic carbocycles. The second-order valence-electron chi connectivity index (χ2n) is 4.42. The third-order valence-corrected chi connectivity index (χ3v) is 4.13. The fourth-order valence-electron chi connectivity index (χ4n) is 1.98. The molecule has 0 saturated carbocycles. The Bertz CT molecular complexity index is 689. The molecule has 102 valence electrons. The highest BCUT2D eigenvalue weighted by Gasteiger charge is 2.07. The van der Waals surface area contributed by atoms with Gasteiger partial charge in [-0.25, -0.2) is 4.98 Å². The SMILES string of the molecule is C=C/C=C\C(=C)Cc1cc2cc(Br)ccc2nc1SC. The first-order chi connectivity index (χ1) is 9.63. The van der Waals surface area contributed by atoms with E-state index in [1.807, 2.05) is 24.3 Å². The molecule has 0 aliphatic rings. The van der Waals surface area contributed by atoms with Gasteiger partial charge in [0.1, 0.15) is 0 Å². The van der Waals surface area contributed by atoms with Gasteiger partial charge in [-0.2, -0.15) is 0 Å². The maximum Gasteiger partial charge on any atom is 0.1000 e. The molecule has 0 amide bonds. The van der Waals surface area contributed by atoms with E-state index >= 15 is 0 Å². The summed E-state index contributed by atoms with van der Waals surface area (Å²) in [5.41, 5.74) is 3.28. The lowest BCUT2D eigenvalue weighted by atomic mass is 10.1. The van der Waals surface area contributed by atoms with E-state index in [0.29, 0.717) is 0 Å². The van der Waals surface area contributed by atoms with Crippen LogP contribution in [0.25, 0.3) is 10.9 Å². The minimum Gasteiger partial charge on any atom is -0.241 e. The van der Waals surface area contributed by atoms with E-state index in [9.17, 15) is 0 Å². The topological polar surface area (TPSA) is 12.9 Å². The number of fused-ring (bicyclic) bond motifs is 1. The van der Waals surface area contributed by atoms with E-state index in [-0.39, 0.29) is 0 Å². The summed E-state index contributed by atoms with van der Waals surface area (Å²) in [4.78, 5) is 4.72. The summed E-state index contributed by atoms with van der Waals surface area (Å²) in [5.74, 6) is 0. The van der Waals surface area contributed by atoms with Gasteiger partial charge in [-0.15, -0.1) is 11.8 Å². The monoisotopic (exact) mass is 345 g/mol. The van der Waals surface area contributed by atoms with E-state index in [1.54, 1.807) is 17.8 Å². The quantitative estimate of drug-likeness (QED) is 0.519. The molecular formula is C17H16BrNS. The van der Waals surface area contributed by atoms with Gasteiger partial charge in [0, 0.05) is 9.86 Å². The Balaban J connectivity index is 2.42. The van der Waals surface area contributed by atoms with Gasteiger partial charge in [-0.1, -0.05) is 52.9 Å². The third kappa shape index (κ3) is 3.62. The number of hydrogen-bond donors (Lipinski definition) is 0. The van der Waals surface area contributed by atoms with E-state index in [4.69, 9.17) is 4.98 Å². The zero-order valence-electron chi connectivity index (χ0n) is 11.4. The molecule has 0 fully saturated rings. The van der Waals surface area contributed by atoms with Crippen LogP contribution in [0.5, 0.6) is 0 Å². The fraction of sp³-hybridized carbons (Fsp3) is 0.118. The average molecular weight is 346 g/mol. The molecule has 0 saturated heterocycles. The first kappa shape index (κ1) is 15.1. The van der Waals surface area contributed by atoms with Gasteiger partial charge in [0.15, 0.2) is 0 Å². The van der Waals surface area contributed by atoms with Crippen LogP contribution in [0.1, 0.15) is 5.56 Å². The summed E-state index contributed by atoms with van der Waals surface area (Å²) in [6, 6.07) is 8.35. The van der Waals surface area contributed by atoms with Crippen molar-refractivity contribution in [1.29, 1.82) is 0 Å². The van der Waals surface area contributed by atoms with Crippen molar-refractivity contribution in [2.45, 2.75) is 11.4 Å². The molecule has 0 N–H and O–H groups in total. The van der Waals surface area contributed by atoms with Gasteiger partial charge in [-0.3, -0.25) is 0 Å². The van der Waals surface area contributed by atoms with Crippen molar-refractivity contribution in [3.05, 3.63) is 71.3 Å². The number of thioether (sulfide) groups is 1. The van der Waals surface area contributed by atoms with Crippen molar-refractivity contribution in [2.24, 2.45) is 0 Å². The van der Waals surface area contributed by atoms with Crippen LogP contribution in [0.3, 0.4) is 0 Å². The van der Waals surface area contributed by atoms with Crippen LogP contribution in [0.15, 0.2) is 70.7 Å². The standard InChI is InChI=1S/C17H16BrNS/c1-4-5-6-12(2)9-14-10-13-11-15(18)7-8-16(13)19-17(14)20-3/h4-8,10-11H,1-2,9H2,3H3/b6-5-. The molecule has 1 nitrogen and oxygen atoms in total. The second-order valence-corrected chi connectivity index (χ2v) is 6.13. The third-order valence-electron chi connectivity index (χ3n) is 2.89. The predicted molar refractivity (Wildman–Crippen MR) is 93.4 cm³/mol. The van der Waals surface area contributed by atoms with Crippen molar-refractivity contribution in [3.8, 4) is 0 Å². The van der Waals surface area contributed by atoms with Crippen LogP contribution in [0.4, 0.5) is 0 Å². The van der Waals surface area contributed by atoms with Gasteiger partial charge in [0.05, 0.1) is 10.5 Å². The Hall–Kier alpha value is -1.32. The minimum atomic E-state index is 0.802. The molecule has 0 bridgehead atoms. The number of hydrogen-bond acceptors (Lipinski definition) is 2. The Labute approximate surface area is 132 Å². The van der Waals surface area contributed by atoms with Crippen LogP contribution in [-0.4, -0.2) is 11.2 Å². The number of allylic oxidation sites excluding steroid dienone is 4. The van der Waals surface area contributed by atoms with Crippen molar-refractivity contribution < 1.29 is 0 Å². The molecule has 0 unspecified atom stereocenters. The van der Waals surface area contributed by atoms with E-state index in [1.165, 1.54) is 5.56 Å². The summed E-state index contributed by atoms with van der Waals surface area (Å²) < 4.78 is 1.07. The molecule has 1 aromatic heterocycles. The molecule has 2 aromatic rings. The number of rotatable bonds is 5. The van der Waals surface area contributed by atoms with Gasteiger partial charge in [0.2, 0.25) is 0 Å². The van der Waals surface area contributed by atoms with E-state index in [0.717, 1.165) is 32.4 Å². The molecule has 0 aliphatic carbocycles. The van der Waals surface area contributed by atoms with Gasteiger partial charge >= 0.3 is 0 Å². The lowest BCUT2D eigenvalue weighted by Crippen LogP contribution is -1.94. The smallest absolute Gasteiger partial charge is 0.1000 e. The summed E-state index contributed by atoms with van der Waals surface area (Å²) in [7, 11) is 0. The Morgan fingerprint density at radius 1 is 1.40 bits per heavy atom. The average Bonchev–Trinajstić information content (AvgIpc) is 2.44. The van der Waals surface area contributed by atoms with Crippen molar-refractivity contribution in [1.82, 2.24) is 4.98 Å². The number of pyridine rings is 1. The summed E-state index contributed by atoms with van der Waals surface area (Å²) in [5, 5.41) is 2.21. The highest BCUT2D eigenvalue weighted by molar-refractivity contribution is 9.10. The first-order valence-corrected chi connectivity index (χ1v) is 8.26. The second kappa shape index (κ2) is 6.91. The molecule has 3 heteroatoms. The lowest BCUT2D eigenvalue weighted by Gasteiger charge is -2.09.